The Bertz CT molecular complexity index is 326. The van der Waals surface area contributed by atoms with E-state index in [1.165, 1.54) is 5.56 Å². The molecule has 1 unspecified atom stereocenters. The molecule has 1 N–H and O–H groups in total. The first-order chi connectivity index (χ1) is 7.22. The maximum atomic E-state index is 8.38. The van der Waals surface area contributed by atoms with Crippen LogP contribution in [0.5, 0.6) is 5.75 Å². The predicted octanol–water partition coefficient (Wildman–Crippen LogP) is 1.88. The third-order valence-electron chi connectivity index (χ3n) is 2.05. The highest BCUT2D eigenvalue weighted by Crippen LogP contribution is 2.11. The number of ether oxygens (including phenoxy) is 1. The van der Waals surface area contributed by atoms with Crippen LogP contribution in [0.15, 0.2) is 24.3 Å². The molecule has 0 bridgehead atoms. The van der Waals surface area contributed by atoms with E-state index < -0.39 is 0 Å². The van der Waals surface area contributed by atoms with E-state index in [4.69, 9.17) is 10.00 Å². The third-order valence-corrected chi connectivity index (χ3v) is 2.05. The quantitative estimate of drug-likeness (QED) is 0.745. The summed E-state index contributed by atoms with van der Waals surface area (Å²) in [6.07, 6.45) is 0. The molecule has 0 heterocycles. The van der Waals surface area contributed by atoms with Crippen molar-refractivity contribution in [2.45, 2.75) is 19.9 Å². The van der Waals surface area contributed by atoms with Crippen LogP contribution in [0.25, 0.3) is 0 Å². The van der Waals surface area contributed by atoms with Crippen molar-refractivity contribution in [1.82, 2.24) is 5.32 Å². The monoisotopic (exact) mass is 204 g/mol. The second-order valence-corrected chi connectivity index (χ2v) is 3.56. The molecule has 1 aromatic carbocycles. The molecule has 0 amide bonds. The Balaban J connectivity index is 2.31. The van der Waals surface area contributed by atoms with Gasteiger partial charge in [0.15, 0.2) is 0 Å². The van der Waals surface area contributed by atoms with Gasteiger partial charge in [0.1, 0.15) is 12.4 Å². The van der Waals surface area contributed by atoms with Gasteiger partial charge in [-0.15, -0.1) is 0 Å². The molecule has 1 rings (SSSR count). The molecule has 1 aromatic rings. The molecule has 0 aliphatic rings. The number of hydrogen-bond donors (Lipinski definition) is 1. The summed E-state index contributed by atoms with van der Waals surface area (Å²) in [6.45, 7) is 4.97. The average molecular weight is 204 g/mol. The summed E-state index contributed by atoms with van der Waals surface area (Å²) in [5.41, 5.74) is 1.22. The zero-order valence-corrected chi connectivity index (χ0v) is 9.16. The zero-order chi connectivity index (χ0) is 11.1. The second-order valence-electron chi connectivity index (χ2n) is 3.56. The molecule has 0 spiro atoms. The van der Waals surface area contributed by atoms with Gasteiger partial charge in [0.2, 0.25) is 0 Å². The van der Waals surface area contributed by atoms with Gasteiger partial charge >= 0.3 is 0 Å². The maximum Gasteiger partial charge on any atom is 0.119 e. The van der Waals surface area contributed by atoms with Crippen LogP contribution in [-0.4, -0.2) is 19.2 Å². The lowest BCUT2D eigenvalue weighted by Crippen LogP contribution is -2.31. The fourth-order valence-corrected chi connectivity index (χ4v) is 1.13. The first kappa shape index (κ1) is 11.5. The maximum absolute atomic E-state index is 8.38. The molecule has 0 radical (unpaired) electrons. The highest BCUT2D eigenvalue weighted by molar-refractivity contribution is 5.26. The van der Waals surface area contributed by atoms with Gasteiger partial charge in [0, 0.05) is 6.04 Å². The normalized spacial score (nSPS) is 11.8. The molecule has 0 saturated carbocycles. The Hall–Kier alpha value is -1.53. The van der Waals surface area contributed by atoms with Crippen LogP contribution < -0.4 is 10.1 Å². The van der Waals surface area contributed by atoms with Crippen molar-refractivity contribution >= 4 is 0 Å². The van der Waals surface area contributed by atoms with Gasteiger partial charge < -0.3 is 4.74 Å². The van der Waals surface area contributed by atoms with Crippen LogP contribution in [0.4, 0.5) is 0 Å². The summed E-state index contributed by atoms with van der Waals surface area (Å²) >= 11 is 0. The van der Waals surface area contributed by atoms with E-state index in [-0.39, 0.29) is 6.04 Å². The molecular weight excluding hydrogens is 188 g/mol. The summed E-state index contributed by atoms with van der Waals surface area (Å²) in [6, 6.07) is 10.2. The van der Waals surface area contributed by atoms with Gasteiger partial charge in [0.25, 0.3) is 0 Å². The Morgan fingerprint density at radius 1 is 1.40 bits per heavy atom. The number of aryl methyl sites for hydroxylation is 1. The van der Waals surface area contributed by atoms with Gasteiger partial charge in [-0.3, -0.25) is 5.32 Å². The SMILES string of the molecule is Cc1ccc(OCC(C)NCC#N)cc1. The summed E-state index contributed by atoms with van der Waals surface area (Å²) in [5, 5.41) is 11.4. The van der Waals surface area contributed by atoms with Crippen LogP contribution in [0.2, 0.25) is 0 Å². The minimum Gasteiger partial charge on any atom is -0.492 e. The first-order valence-electron chi connectivity index (χ1n) is 5.02. The third kappa shape index (κ3) is 4.48. The van der Waals surface area contributed by atoms with E-state index in [0.29, 0.717) is 13.2 Å². The molecule has 0 aliphatic carbocycles. The van der Waals surface area contributed by atoms with Crippen molar-refractivity contribution in [3.05, 3.63) is 29.8 Å². The number of hydrogen-bond acceptors (Lipinski definition) is 3. The highest BCUT2D eigenvalue weighted by Gasteiger charge is 2.01. The molecule has 15 heavy (non-hydrogen) atoms. The summed E-state index contributed by atoms with van der Waals surface area (Å²) in [4.78, 5) is 0. The van der Waals surface area contributed by atoms with Crippen molar-refractivity contribution in [3.8, 4) is 11.8 Å². The predicted molar refractivity (Wildman–Crippen MR) is 59.8 cm³/mol. The van der Waals surface area contributed by atoms with Crippen LogP contribution >= 0.6 is 0 Å². The van der Waals surface area contributed by atoms with Gasteiger partial charge in [-0.25, -0.2) is 0 Å². The van der Waals surface area contributed by atoms with Gasteiger partial charge in [-0.05, 0) is 26.0 Å². The molecule has 0 fully saturated rings. The molecule has 1 atom stereocenters. The first-order valence-corrected chi connectivity index (χ1v) is 5.02. The molecule has 3 nitrogen and oxygen atoms in total. The Morgan fingerprint density at radius 2 is 2.07 bits per heavy atom. The zero-order valence-electron chi connectivity index (χ0n) is 9.16. The lowest BCUT2D eigenvalue weighted by Gasteiger charge is -2.12. The van der Waals surface area contributed by atoms with E-state index in [1.54, 1.807) is 0 Å². The Morgan fingerprint density at radius 3 is 2.67 bits per heavy atom. The molecule has 3 heteroatoms. The lowest BCUT2D eigenvalue weighted by atomic mass is 10.2. The van der Waals surface area contributed by atoms with Crippen molar-refractivity contribution in [2.24, 2.45) is 0 Å². The van der Waals surface area contributed by atoms with Gasteiger partial charge in [0.05, 0.1) is 12.6 Å². The molecule has 80 valence electrons. The smallest absolute Gasteiger partial charge is 0.119 e. The van der Waals surface area contributed by atoms with Crippen molar-refractivity contribution in [2.75, 3.05) is 13.2 Å². The van der Waals surface area contributed by atoms with E-state index in [2.05, 4.69) is 5.32 Å². The fourth-order valence-electron chi connectivity index (χ4n) is 1.13. The van der Waals surface area contributed by atoms with Crippen molar-refractivity contribution in [1.29, 1.82) is 5.26 Å². The standard InChI is InChI=1S/C12H16N2O/c1-10-3-5-12(6-4-10)15-9-11(2)14-8-7-13/h3-6,11,14H,8-9H2,1-2H3. The minimum absolute atomic E-state index is 0.186. The summed E-state index contributed by atoms with van der Waals surface area (Å²) < 4.78 is 5.55. The molecular formula is C12H16N2O. The Labute approximate surface area is 90.7 Å². The number of nitrogens with one attached hydrogen (secondary N) is 1. The molecule has 0 aliphatic heterocycles. The average Bonchev–Trinajstić information content (AvgIpc) is 2.25. The number of rotatable bonds is 5. The topological polar surface area (TPSA) is 45.0 Å². The summed E-state index contributed by atoms with van der Waals surface area (Å²) in [7, 11) is 0. The minimum atomic E-state index is 0.186. The highest BCUT2D eigenvalue weighted by atomic mass is 16.5. The van der Waals surface area contributed by atoms with E-state index in [9.17, 15) is 0 Å². The number of benzene rings is 1. The van der Waals surface area contributed by atoms with E-state index in [0.717, 1.165) is 5.75 Å². The van der Waals surface area contributed by atoms with Crippen molar-refractivity contribution in [3.63, 3.8) is 0 Å². The van der Waals surface area contributed by atoms with Crippen LogP contribution in [-0.2, 0) is 0 Å². The summed E-state index contributed by atoms with van der Waals surface area (Å²) in [5.74, 6) is 0.867. The molecule has 0 aromatic heterocycles. The largest absolute Gasteiger partial charge is 0.492 e. The molecule has 0 saturated heterocycles. The van der Waals surface area contributed by atoms with Crippen LogP contribution in [0.1, 0.15) is 12.5 Å². The van der Waals surface area contributed by atoms with Crippen LogP contribution in [0.3, 0.4) is 0 Å². The number of nitrogens with zero attached hydrogens (tertiary/aromatic N) is 1. The van der Waals surface area contributed by atoms with Crippen LogP contribution in [0, 0.1) is 18.3 Å². The Kier molecular flexibility index (Phi) is 4.65. The second kappa shape index (κ2) is 6.05. The van der Waals surface area contributed by atoms with E-state index in [1.807, 2.05) is 44.2 Å². The number of nitriles is 1. The van der Waals surface area contributed by atoms with Gasteiger partial charge in [-0.2, -0.15) is 5.26 Å². The van der Waals surface area contributed by atoms with Crippen molar-refractivity contribution < 1.29 is 4.74 Å². The lowest BCUT2D eigenvalue weighted by molar-refractivity contribution is 0.277. The fraction of sp³-hybridized carbons (Fsp3) is 0.417. The van der Waals surface area contributed by atoms with Gasteiger partial charge in [-0.1, -0.05) is 17.7 Å². The van der Waals surface area contributed by atoms with E-state index >= 15 is 0 Å².